The van der Waals surface area contributed by atoms with E-state index >= 15 is 0 Å². The lowest BCUT2D eigenvalue weighted by atomic mass is 10.3. The highest BCUT2D eigenvalue weighted by Crippen LogP contribution is 2.23. The van der Waals surface area contributed by atoms with Gasteiger partial charge in [-0.3, -0.25) is 0 Å². The van der Waals surface area contributed by atoms with E-state index in [9.17, 15) is 5.11 Å². The average Bonchev–Trinajstić information content (AvgIpc) is 2.77. The number of hydrogen-bond acceptors (Lipinski definition) is 5. The Hall–Kier alpha value is -1.24. The van der Waals surface area contributed by atoms with Crippen LogP contribution in [0.25, 0.3) is 11.0 Å². The third-order valence-corrected chi connectivity index (χ3v) is 3.31. The molecule has 0 bridgehead atoms. The van der Waals surface area contributed by atoms with Crippen molar-refractivity contribution >= 4 is 22.8 Å². The van der Waals surface area contributed by atoms with Crippen molar-refractivity contribution in [3.05, 3.63) is 18.2 Å². The van der Waals surface area contributed by atoms with E-state index < -0.39 is 6.10 Å². The Kier molecular flexibility index (Phi) is 3.88. The molecule has 17 heavy (non-hydrogen) atoms. The fourth-order valence-corrected chi connectivity index (χ4v) is 2.19. The molecule has 0 fully saturated rings. The quantitative estimate of drug-likeness (QED) is 0.694. The molecule has 0 amide bonds. The van der Waals surface area contributed by atoms with E-state index in [4.69, 9.17) is 9.84 Å². The van der Waals surface area contributed by atoms with Crippen LogP contribution in [0.2, 0.25) is 0 Å². The number of nitrogens with one attached hydrogen (secondary N) is 1. The van der Waals surface area contributed by atoms with Crippen LogP contribution < -0.4 is 4.74 Å². The van der Waals surface area contributed by atoms with Gasteiger partial charge in [-0.2, -0.15) is 0 Å². The Balaban J connectivity index is 2.14. The first-order valence-electron chi connectivity index (χ1n) is 5.18. The molecule has 5 nitrogen and oxygen atoms in total. The Bertz CT molecular complexity index is 500. The van der Waals surface area contributed by atoms with Gasteiger partial charge in [0.05, 0.1) is 30.9 Å². The Morgan fingerprint density at radius 1 is 1.53 bits per heavy atom. The highest BCUT2D eigenvalue weighted by Gasteiger charge is 2.07. The summed E-state index contributed by atoms with van der Waals surface area (Å²) < 4.78 is 5.12. The van der Waals surface area contributed by atoms with Gasteiger partial charge in [-0.1, -0.05) is 11.8 Å². The van der Waals surface area contributed by atoms with E-state index in [1.165, 1.54) is 11.8 Å². The molecular formula is C11H14N2O3S. The largest absolute Gasteiger partial charge is 0.497 e. The minimum Gasteiger partial charge on any atom is -0.497 e. The van der Waals surface area contributed by atoms with Crippen LogP contribution in [0.3, 0.4) is 0 Å². The molecule has 0 spiro atoms. The molecule has 0 saturated heterocycles. The first-order valence-corrected chi connectivity index (χ1v) is 6.17. The molecule has 0 radical (unpaired) electrons. The topological polar surface area (TPSA) is 78.4 Å². The molecule has 0 saturated carbocycles. The number of ether oxygens (including phenoxy) is 1. The molecule has 1 aromatic heterocycles. The number of imidazole rings is 1. The molecule has 3 N–H and O–H groups in total. The van der Waals surface area contributed by atoms with Crippen molar-refractivity contribution in [2.45, 2.75) is 11.3 Å². The van der Waals surface area contributed by atoms with Crippen molar-refractivity contribution in [1.29, 1.82) is 0 Å². The smallest absolute Gasteiger partial charge is 0.166 e. The van der Waals surface area contributed by atoms with Gasteiger partial charge in [0.15, 0.2) is 5.16 Å². The first kappa shape index (κ1) is 12.2. The number of hydrogen-bond donors (Lipinski definition) is 3. The van der Waals surface area contributed by atoms with Crippen LogP contribution in [-0.2, 0) is 0 Å². The standard InChI is InChI=1S/C11H14N2O3S/c1-16-8-2-3-9-10(4-8)13-11(12-9)17-6-7(15)5-14/h2-4,7,14-15H,5-6H2,1H3,(H,12,13). The monoisotopic (exact) mass is 254 g/mol. The summed E-state index contributed by atoms with van der Waals surface area (Å²) in [6.07, 6.45) is -0.720. The number of nitrogens with zero attached hydrogens (tertiary/aromatic N) is 1. The van der Waals surface area contributed by atoms with Gasteiger partial charge < -0.3 is 19.9 Å². The first-order chi connectivity index (χ1) is 8.22. The lowest BCUT2D eigenvalue weighted by Gasteiger charge is -2.03. The number of benzene rings is 1. The fraction of sp³-hybridized carbons (Fsp3) is 0.364. The average molecular weight is 254 g/mol. The van der Waals surface area contributed by atoms with Crippen LogP contribution in [0.1, 0.15) is 0 Å². The molecule has 2 aromatic rings. The van der Waals surface area contributed by atoms with Crippen LogP contribution in [0.5, 0.6) is 5.75 Å². The van der Waals surface area contributed by atoms with Gasteiger partial charge in [-0.25, -0.2) is 4.98 Å². The van der Waals surface area contributed by atoms with E-state index in [-0.39, 0.29) is 6.61 Å². The summed E-state index contributed by atoms with van der Waals surface area (Å²) in [6, 6.07) is 5.59. The van der Waals surface area contributed by atoms with E-state index in [2.05, 4.69) is 9.97 Å². The lowest BCUT2D eigenvalue weighted by Crippen LogP contribution is -2.14. The summed E-state index contributed by atoms with van der Waals surface area (Å²) in [6.45, 7) is -0.235. The maximum atomic E-state index is 9.24. The molecule has 1 aromatic carbocycles. The number of fused-ring (bicyclic) bond motifs is 1. The van der Waals surface area contributed by atoms with E-state index in [0.717, 1.165) is 21.9 Å². The van der Waals surface area contributed by atoms with Crippen LogP contribution in [0.15, 0.2) is 23.4 Å². The molecule has 0 aliphatic carbocycles. The molecule has 1 atom stereocenters. The number of aromatic amines is 1. The van der Waals surface area contributed by atoms with E-state index in [1.807, 2.05) is 18.2 Å². The number of H-pyrrole nitrogens is 1. The van der Waals surface area contributed by atoms with Gasteiger partial charge in [0, 0.05) is 11.8 Å². The summed E-state index contributed by atoms with van der Waals surface area (Å²) >= 11 is 1.37. The molecule has 92 valence electrons. The second-order valence-corrected chi connectivity index (χ2v) is 4.58. The van der Waals surface area contributed by atoms with Crippen molar-refractivity contribution in [2.24, 2.45) is 0 Å². The van der Waals surface area contributed by atoms with Gasteiger partial charge in [0.2, 0.25) is 0 Å². The van der Waals surface area contributed by atoms with Crippen molar-refractivity contribution in [2.75, 3.05) is 19.5 Å². The van der Waals surface area contributed by atoms with Gasteiger partial charge >= 0.3 is 0 Å². The number of aromatic nitrogens is 2. The predicted molar refractivity (Wildman–Crippen MR) is 66.5 cm³/mol. The minimum absolute atomic E-state index is 0.235. The molecule has 0 aliphatic heterocycles. The van der Waals surface area contributed by atoms with Gasteiger partial charge in [0.1, 0.15) is 5.75 Å². The summed E-state index contributed by atoms with van der Waals surface area (Å²) in [7, 11) is 1.62. The number of rotatable bonds is 5. The Labute approximate surface area is 103 Å². The van der Waals surface area contributed by atoms with Gasteiger partial charge in [-0.05, 0) is 12.1 Å². The van der Waals surface area contributed by atoms with Crippen LogP contribution >= 0.6 is 11.8 Å². The van der Waals surface area contributed by atoms with Crippen LogP contribution in [0, 0.1) is 0 Å². The molecule has 1 heterocycles. The molecule has 1 unspecified atom stereocenters. The fourth-order valence-electron chi connectivity index (χ4n) is 1.39. The third-order valence-electron chi connectivity index (χ3n) is 2.29. The van der Waals surface area contributed by atoms with Crippen LogP contribution in [0.4, 0.5) is 0 Å². The van der Waals surface area contributed by atoms with Gasteiger partial charge in [0.25, 0.3) is 0 Å². The zero-order chi connectivity index (χ0) is 12.3. The van der Waals surface area contributed by atoms with Crippen molar-refractivity contribution in [3.63, 3.8) is 0 Å². The summed E-state index contributed by atoms with van der Waals surface area (Å²) in [5.41, 5.74) is 1.75. The molecule has 0 aliphatic rings. The van der Waals surface area contributed by atoms with Crippen molar-refractivity contribution in [1.82, 2.24) is 9.97 Å². The molecule has 2 rings (SSSR count). The SMILES string of the molecule is COc1ccc2nc(SCC(O)CO)[nH]c2c1. The summed E-state index contributed by atoms with van der Waals surface area (Å²) in [4.78, 5) is 7.48. The second kappa shape index (κ2) is 5.39. The number of methoxy groups -OCH3 is 1. The third kappa shape index (κ3) is 2.91. The summed E-state index contributed by atoms with van der Waals surface area (Å²) in [5.74, 6) is 1.18. The molecule has 6 heteroatoms. The highest BCUT2D eigenvalue weighted by atomic mass is 32.2. The number of thioether (sulfide) groups is 1. The number of aliphatic hydroxyl groups excluding tert-OH is 2. The van der Waals surface area contributed by atoms with Crippen molar-refractivity contribution < 1.29 is 14.9 Å². The highest BCUT2D eigenvalue weighted by molar-refractivity contribution is 7.99. The zero-order valence-electron chi connectivity index (χ0n) is 9.38. The maximum absolute atomic E-state index is 9.24. The zero-order valence-corrected chi connectivity index (χ0v) is 10.2. The van der Waals surface area contributed by atoms with E-state index in [1.54, 1.807) is 7.11 Å². The minimum atomic E-state index is -0.720. The van der Waals surface area contributed by atoms with Gasteiger partial charge in [-0.15, -0.1) is 0 Å². The van der Waals surface area contributed by atoms with Crippen molar-refractivity contribution in [3.8, 4) is 5.75 Å². The Morgan fingerprint density at radius 3 is 3.06 bits per heavy atom. The molecular weight excluding hydrogens is 240 g/mol. The maximum Gasteiger partial charge on any atom is 0.166 e. The number of aliphatic hydroxyl groups is 2. The van der Waals surface area contributed by atoms with Crippen LogP contribution in [-0.4, -0.2) is 45.8 Å². The predicted octanol–water partition coefficient (Wildman–Crippen LogP) is 1.02. The summed E-state index contributed by atoms with van der Waals surface area (Å²) in [5, 5.41) is 18.7. The normalized spacial score (nSPS) is 12.9. The lowest BCUT2D eigenvalue weighted by molar-refractivity contribution is 0.113. The second-order valence-electron chi connectivity index (χ2n) is 3.57. The van der Waals surface area contributed by atoms with E-state index in [0.29, 0.717) is 5.75 Å². The Morgan fingerprint density at radius 2 is 2.35 bits per heavy atom.